The van der Waals surface area contributed by atoms with Crippen molar-refractivity contribution in [2.45, 2.75) is 26.7 Å². The third kappa shape index (κ3) is 4.96. The number of H-pyrrole nitrogens is 1. The third-order valence-corrected chi connectivity index (χ3v) is 3.85. The number of piperidine rings is 1. The number of hydrogen-bond donors (Lipinski definition) is 2. The first-order valence-electron chi connectivity index (χ1n) is 7.83. The van der Waals surface area contributed by atoms with Crippen molar-refractivity contribution in [1.82, 2.24) is 25.1 Å². The van der Waals surface area contributed by atoms with Crippen LogP contribution < -0.4 is 10.2 Å². The number of aromatic nitrogens is 5. The van der Waals surface area contributed by atoms with Gasteiger partial charge in [0.25, 0.3) is 0 Å². The molecule has 136 valence electrons. The molecular weight excluding hydrogens is 439 g/mol. The summed E-state index contributed by atoms with van der Waals surface area (Å²) >= 11 is 2.15. The van der Waals surface area contributed by atoms with E-state index in [4.69, 9.17) is 0 Å². The third-order valence-electron chi connectivity index (χ3n) is 3.85. The maximum atomic E-state index is 11.2. The van der Waals surface area contributed by atoms with Crippen molar-refractivity contribution in [2.75, 3.05) is 28.2 Å². The van der Waals surface area contributed by atoms with Gasteiger partial charge in [-0.3, -0.25) is 15.2 Å². The molecule has 0 bridgehead atoms. The fourth-order valence-electron chi connectivity index (χ4n) is 2.46. The zero-order valence-electron chi connectivity index (χ0n) is 14.4. The molecule has 0 amide bonds. The van der Waals surface area contributed by atoms with Crippen LogP contribution in [0.15, 0.2) is 6.20 Å². The number of aromatic amines is 1. The zero-order chi connectivity index (χ0) is 18.4. The minimum atomic E-state index is -0.524. The molecule has 0 saturated carbocycles. The highest BCUT2D eigenvalue weighted by atomic mass is 127. The molecule has 0 atom stereocenters. The molecule has 0 spiro atoms. The highest BCUT2D eigenvalue weighted by molar-refractivity contribution is 14.1. The average molecular weight is 460 g/mol. The Morgan fingerprint density at radius 2 is 2.04 bits per heavy atom. The second-order valence-corrected chi connectivity index (χ2v) is 5.70. The van der Waals surface area contributed by atoms with E-state index >= 15 is 0 Å². The van der Waals surface area contributed by atoms with Crippen molar-refractivity contribution < 1.29 is 4.92 Å². The van der Waals surface area contributed by atoms with E-state index in [0.717, 1.165) is 25.9 Å². The molecule has 1 fully saturated rings. The highest BCUT2D eigenvalue weighted by Crippen LogP contribution is 2.27. The van der Waals surface area contributed by atoms with Crippen LogP contribution in [0.1, 0.15) is 25.6 Å². The second kappa shape index (κ2) is 8.87. The summed E-state index contributed by atoms with van der Waals surface area (Å²) in [4.78, 5) is 27.2. The molecule has 10 nitrogen and oxygen atoms in total. The van der Waals surface area contributed by atoms with Crippen LogP contribution in [0.25, 0.3) is 0 Å². The van der Waals surface area contributed by atoms with Gasteiger partial charge in [-0.1, -0.05) is 29.5 Å². The van der Waals surface area contributed by atoms with Gasteiger partial charge in [0.1, 0.15) is 12.0 Å². The highest BCUT2D eigenvalue weighted by Gasteiger charge is 2.23. The molecule has 11 heteroatoms. The lowest BCUT2D eigenvalue weighted by atomic mass is 10.00. The van der Waals surface area contributed by atoms with Gasteiger partial charge in [-0.15, -0.1) is 5.10 Å². The van der Waals surface area contributed by atoms with Crippen molar-refractivity contribution in [1.29, 1.82) is 0 Å². The molecule has 3 heterocycles. The van der Waals surface area contributed by atoms with Crippen LogP contribution in [0.2, 0.25) is 0 Å². The van der Waals surface area contributed by atoms with Crippen LogP contribution in [-0.2, 0) is 0 Å². The van der Waals surface area contributed by atoms with Crippen LogP contribution in [-0.4, -0.2) is 48.1 Å². The molecule has 2 aromatic heterocycles. The maximum Gasteiger partial charge on any atom is 0.330 e. The minimum Gasteiger partial charge on any atom is -0.341 e. The summed E-state index contributed by atoms with van der Waals surface area (Å²) in [6.45, 7) is 5.65. The van der Waals surface area contributed by atoms with Crippen molar-refractivity contribution in [3.8, 4) is 0 Å². The Morgan fingerprint density at radius 1 is 1.36 bits per heavy atom. The zero-order valence-corrected chi connectivity index (χ0v) is 16.5. The van der Waals surface area contributed by atoms with E-state index in [-0.39, 0.29) is 17.5 Å². The number of anilines is 3. The smallest absolute Gasteiger partial charge is 0.330 e. The summed E-state index contributed by atoms with van der Waals surface area (Å²) in [7, 11) is 0. The summed E-state index contributed by atoms with van der Waals surface area (Å²) in [5.74, 6) is 2.10. The first-order chi connectivity index (χ1) is 12.0. The predicted molar refractivity (Wildman–Crippen MR) is 104 cm³/mol. The van der Waals surface area contributed by atoms with Gasteiger partial charge in [0.15, 0.2) is 0 Å². The van der Waals surface area contributed by atoms with E-state index in [9.17, 15) is 10.1 Å². The standard InChI is InChI=1S/C13H18N8O2.CH3I/c1-8-3-5-20(6-4-8)13-14-7-10(21(22)23)11(17-13)16-12-15-9(2)18-19-12;1-2/h7-8H,3-6H2,1-2H3,(H2,14,15,16,17,18,19);1H3. The lowest BCUT2D eigenvalue weighted by molar-refractivity contribution is -0.384. The van der Waals surface area contributed by atoms with Gasteiger partial charge >= 0.3 is 5.69 Å². The molecule has 1 aliphatic heterocycles. The molecule has 2 aromatic rings. The number of rotatable bonds is 4. The largest absolute Gasteiger partial charge is 0.341 e. The first-order valence-corrected chi connectivity index (χ1v) is 9.99. The van der Waals surface area contributed by atoms with E-state index in [1.807, 2.05) is 9.83 Å². The van der Waals surface area contributed by atoms with Crippen LogP contribution in [0.3, 0.4) is 0 Å². The van der Waals surface area contributed by atoms with Crippen molar-refractivity contribution in [3.05, 3.63) is 22.1 Å². The maximum absolute atomic E-state index is 11.2. The molecule has 0 aliphatic carbocycles. The number of nitro groups is 1. The Hall–Kier alpha value is -2.05. The summed E-state index contributed by atoms with van der Waals surface area (Å²) < 4.78 is 0. The predicted octanol–water partition coefficient (Wildman–Crippen LogP) is 2.84. The topological polar surface area (TPSA) is 126 Å². The quantitative estimate of drug-likeness (QED) is 0.309. The fraction of sp³-hybridized carbons (Fsp3) is 0.571. The fourth-order valence-corrected chi connectivity index (χ4v) is 2.46. The SMILES string of the molecule is CI.Cc1nc(Nc2nc(N3CCC(C)CC3)ncc2[N+](=O)[O-])n[nH]1. The molecule has 3 rings (SSSR count). The van der Waals surface area contributed by atoms with Gasteiger partial charge in [-0.25, -0.2) is 4.98 Å². The summed E-state index contributed by atoms with van der Waals surface area (Å²) in [6.07, 6.45) is 3.34. The Bertz CT molecular complexity index is 715. The van der Waals surface area contributed by atoms with Crippen molar-refractivity contribution in [3.63, 3.8) is 0 Å². The van der Waals surface area contributed by atoms with Gasteiger partial charge in [0.2, 0.25) is 17.7 Å². The van der Waals surface area contributed by atoms with Crippen LogP contribution in [0.4, 0.5) is 23.4 Å². The van der Waals surface area contributed by atoms with E-state index in [2.05, 4.69) is 60.0 Å². The lowest BCUT2D eigenvalue weighted by Crippen LogP contribution is -2.34. The van der Waals surface area contributed by atoms with E-state index in [1.165, 1.54) is 6.20 Å². The van der Waals surface area contributed by atoms with Gasteiger partial charge in [0.05, 0.1) is 4.92 Å². The van der Waals surface area contributed by atoms with Crippen LogP contribution >= 0.6 is 22.6 Å². The normalized spacial score (nSPS) is 14.6. The van der Waals surface area contributed by atoms with E-state index in [1.54, 1.807) is 6.92 Å². The van der Waals surface area contributed by atoms with Crippen molar-refractivity contribution >= 4 is 46.0 Å². The number of hydrogen-bond acceptors (Lipinski definition) is 8. The van der Waals surface area contributed by atoms with Gasteiger partial charge in [0, 0.05) is 13.1 Å². The average Bonchev–Trinajstić information content (AvgIpc) is 3.02. The molecule has 1 aliphatic rings. The molecule has 25 heavy (non-hydrogen) atoms. The summed E-state index contributed by atoms with van der Waals surface area (Å²) in [5, 5.41) is 20.6. The van der Waals surface area contributed by atoms with Crippen molar-refractivity contribution in [2.24, 2.45) is 5.92 Å². The second-order valence-electron chi connectivity index (χ2n) is 5.70. The number of aryl methyl sites for hydroxylation is 1. The Labute approximate surface area is 159 Å². The van der Waals surface area contributed by atoms with E-state index < -0.39 is 4.92 Å². The Morgan fingerprint density at radius 3 is 2.60 bits per heavy atom. The molecule has 0 unspecified atom stereocenters. The minimum absolute atomic E-state index is 0.0950. The van der Waals surface area contributed by atoms with Gasteiger partial charge < -0.3 is 10.2 Å². The number of alkyl halides is 1. The van der Waals surface area contributed by atoms with Crippen LogP contribution in [0.5, 0.6) is 0 Å². The molecule has 2 N–H and O–H groups in total. The number of nitrogens with zero attached hydrogens (tertiary/aromatic N) is 6. The first kappa shape index (κ1) is 19.3. The Kier molecular flexibility index (Phi) is 6.84. The summed E-state index contributed by atoms with van der Waals surface area (Å²) in [5.41, 5.74) is -0.207. The molecular formula is C14H21IN8O2. The van der Waals surface area contributed by atoms with Gasteiger partial charge in [-0.2, -0.15) is 9.97 Å². The van der Waals surface area contributed by atoms with E-state index in [0.29, 0.717) is 17.7 Å². The monoisotopic (exact) mass is 460 g/mol. The van der Waals surface area contributed by atoms with Gasteiger partial charge in [-0.05, 0) is 30.6 Å². The van der Waals surface area contributed by atoms with Crippen LogP contribution in [0, 0.1) is 23.0 Å². The number of nitrogens with one attached hydrogen (secondary N) is 2. The lowest BCUT2D eigenvalue weighted by Gasteiger charge is -2.30. The Balaban J connectivity index is 0.00000109. The summed E-state index contributed by atoms with van der Waals surface area (Å²) in [6, 6.07) is 0. The molecule has 1 saturated heterocycles. The number of halogens is 1. The molecule has 0 radical (unpaired) electrons. The molecule has 0 aromatic carbocycles.